The van der Waals surface area contributed by atoms with Gasteiger partial charge in [-0.3, -0.25) is 9.55 Å². The number of phenolic OH excluding ortho intramolecular Hbond substituents is 1. The monoisotopic (exact) mass is 711 g/mol. The fraction of sp³-hybridized carbons (Fsp3) is 0.0800. The topological polar surface area (TPSA) is 64.1 Å². The number of aromatic hydroxyl groups is 1. The molecule has 0 unspecified atom stereocenters. The number of hydrogen-bond donors (Lipinski definition) is 1. The van der Waals surface area contributed by atoms with Crippen LogP contribution in [0.5, 0.6) is 5.75 Å². The summed E-state index contributed by atoms with van der Waals surface area (Å²) in [6.45, 7) is 6.72. The number of pyridine rings is 1. The number of nitrogens with zero attached hydrogens (tertiary/aromatic N) is 3. The summed E-state index contributed by atoms with van der Waals surface area (Å²) in [6.07, 6.45) is 1.87. The van der Waals surface area contributed by atoms with E-state index in [2.05, 4.69) is 147 Å². The van der Waals surface area contributed by atoms with E-state index in [0.717, 1.165) is 77.6 Å². The molecular formula is C50H37N3O2. The summed E-state index contributed by atoms with van der Waals surface area (Å²) in [5.74, 6) is 0.839. The smallest absolute Gasteiger partial charge is 0.161 e. The molecule has 10 aromatic rings. The second kappa shape index (κ2) is 12.6. The number of phenols is 1. The van der Waals surface area contributed by atoms with Crippen LogP contribution in [0.25, 0.3) is 94.3 Å². The van der Waals surface area contributed by atoms with Crippen LogP contribution in [-0.2, 0) is 5.41 Å². The Bertz CT molecular complexity index is 3090. The lowest BCUT2D eigenvalue weighted by atomic mass is 9.85. The van der Waals surface area contributed by atoms with Crippen LogP contribution in [0.3, 0.4) is 0 Å². The van der Waals surface area contributed by atoms with Crippen LogP contribution in [0.4, 0.5) is 0 Å². The number of rotatable bonds is 5. The van der Waals surface area contributed by atoms with E-state index in [4.69, 9.17) is 14.4 Å². The van der Waals surface area contributed by atoms with Crippen LogP contribution >= 0.6 is 0 Å². The van der Waals surface area contributed by atoms with Gasteiger partial charge >= 0.3 is 0 Å². The Labute approximate surface area is 318 Å². The maximum Gasteiger partial charge on any atom is 0.161 e. The number of hydrogen-bond acceptors (Lipinski definition) is 4. The lowest BCUT2D eigenvalue weighted by Gasteiger charge is -2.23. The van der Waals surface area contributed by atoms with Gasteiger partial charge < -0.3 is 9.52 Å². The largest absolute Gasteiger partial charge is 0.507 e. The zero-order valence-electron chi connectivity index (χ0n) is 30.8. The molecule has 0 saturated heterocycles. The molecule has 7 aromatic carbocycles. The van der Waals surface area contributed by atoms with Gasteiger partial charge in [0.2, 0.25) is 0 Å². The Morgan fingerprint density at radius 3 is 2.11 bits per heavy atom. The molecule has 0 aliphatic carbocycles. The molecule has 3 heterocycles. The van der Waals surface area contributed by atoms with Crippen molar-refractivity contribution in [2.75, 3.05) is 0 Å². The van der Waals surface area contributed by atoms with Crippen molar-refractivity contribution in [3.63, 3.8) is 0 Å². The standard InChI is InChI=1S/C50H37N3O2/c1-50(2,3)36-23-24-42(40(30-36)31-13-5-4-6-14-31)53-43-21-12-20-37(47(43)52-49(53)39-19-9-10-22-44(39)54)34-17-11-18-35(27-34)46-48-38(25-26-51-46)41-28-32-15-7-8-16-33(32)29-45(41)55-48/h4-30,54H,1-3H3. The zero-order chi connectivity index (χ0) is 37.3. The van der Waals surface area contributed by atoms with Crippen molar-refractivity contribution in [3.8, 4) is 56.3 Å². The van der Waals surface area contributed by atoms with Crippen molar-refractivity contribution >= 4 is 43.7 Å². The fourth-order valence-corrected chi connectivity index (χ4v) is 7.89. The molecule has 0 spiro atoms. The van der Waals surface area contributed by atoms with Gasteiger partial charge in [0.05, 0.1) is 22.3 Å². The van der Waals surface area contributed by atoms with Crippen LogP contribution in [-0.4, -0.2) is 19.6 Å². The van der Waals surface area contributed by atoms with E-state index >= 15 is 0 Å². The van der Waals surface area contributed by atoms with E-state index in [9.17, 15) is 5.11 Å². The summed E-state index contributed by atoms with van der Waals surface area (Å²) >= 11 is 0. The average Bonchev–Trinajstić information content (AvgIpc) is 3.78. The molecule has 5 nitrogen and oxygen atoms in total. The maximum absolute atomic E-state index is 11.3. The Kier molecular flexibility index (Phi) is 7.46. The van der Waals surface area contributed by atoms with Gasteiger partial charge in [0.1, 0.15) is 22.9 Å². The van der Waals surface area contributed by atoms with Gasteiger partial charge in [0.15, 0.2) is 5.58 Å². The molecule has 55 heavy (non-hydrogen) atoms. The normalized spacial score (nSPS) is 12.0. The molecule has 5 heteroatoms. The van der Waals surface area contributed by atoms with Gasteiger partial charge in [-0.25, -0.2) is 4.98 Å². The van der Waals surface area contributed by atoms with Gasteiger partial charge in [-0.2, -0.15) is 0 Å². The molecule has 10 rings (SSSR count). The van der Waals surface area contributed by atoms with Crippen LogP contribution < -0.4 is 0 Å². The number of furan rings is 1. The maximum atomic E-state index is 11.3. The lowest BCUT2D eigenvalue weighted by Crippen LogP contribution is -2.12. The average molecular weight is 712 g/mol. The zero-order valence-corrected chi connectivity index (χ0v) is 30.8. The van der Waals surface area contributed by atoms with E-state index in [1.807, 2.05) is 36.5 Å². The molecule has 0 bridgehead atoms. The van der Waals surface area contributed by atoms with Crippen LogP contribution in [0.1, 0.15) is 26.3 Å². The summed E-state index contributed by atoms with van der Waals surface area (Å²) in [6, 6.07) is 54.1. The molecule has 0 fully saturated rings. The van der Waals surface area contributed by atoms with Crippen molar-refractivity contribution in [1.29, 1.82) is 0 Å². The molecule has 0 aliphatic heterocycles. The number of aromatic nitrogens is 3. The van der Waals surface area contributed by atoms with Gasteiger partial charge in [-0.1, -0.05) is 124 Å². The van der Waals surface area contributed by atoms with E-state index in [1.165, 1.54) is 10.9 Å². The number of imidazole rings is 1. The molecule has 1 N–H and O–H groups in total. The third kappa shape index (κ3) is 5.47. The Morgan fingerprint density at radius 2 is 1.29 bits per heavy atom. The lowest BCUT2D eigenvalue weighted by molar-refractivity contribution is 0.477. The summed E-state index contributed by atoms with van der Waals surface area (Å²) < 4.78 is 8.77. The Balaban J connectivity index is 1.19. The first-order valence-electron chi connectivity index (χ1n) is 18.6. The predicted molar refractivity (Wildman–Crippen MR) is 226 cm³/mol. The highest BCUT2D eigenvalue weighted by atomic mass is 16.3. The Hall–Kier alpha value is -6.98. The van der Waals surface area contributed by atoms with Crippen molar-refractivity contribution < 1.29 is 9.52 Å². The number of fused-ring (bicyclic) bond motifs is 5. The second-order valence-corrected chi connectivity index (χ2v) is 15.2. The fourth-order valence-electron chi connectivity index (χ4n) is 7.89. The minimum atomic E-state index is -0.0482. The van der Waals surface area contributed by atoms with Gasteiger partial charge in [0.25, 0.3) is 0 Å². The third-order valence-corrected chi connectivity index (χ3v) is 10.7. The molecular weight excluding hydrogens is 675 g/mol. The summed E-state index contributed by atoms with van der Waals surface area (Å²) in [5, 5.41) is 15.7. The SMILES string of the molecule is CC(C)(C)c1ccc(-n2c(-c3ccccc3O)nc3c(-c4cccc(-c5nccc6c5oc5cc7ccccc7cc56)c4)cccc32)c(-c2ccccc2)c1. The highest BCUT2D eigenvalue weighted by molar-refractivity contribution is 6.12. The van der Waals surface area contributed by atoms with Crippen molar-refractivity contribution in [2.45, 2.75) is 26.2 Å². The molecule has 264 valence electrons. The first-order chi connectivity index (χ1) is 26.8. The Morgan fingerprint density at radius 1 is 0.582 bits per heavy atom. The van der Waals surface area contributed by atoms with Gasteiger partial charge in [-0.05, 0) is 87.5 Å². The predicted octanol–water partition coefficient (Wildman–Crippen LogP) is 13.1. The van der Waals surface area contributed by atoms with Crippen LogP contribution in [0, 0.1) is 0 Å². The van der Waals surface area contributed by atoms with Crippen molar-refractivity contribution in [3.05, 3.63) is 169 Å². The molecule has 0 amide bonds. The van der Waals surface area contributed by atoms with Crippen molar-refractivity contribution in [2.24, 2.45) is 0 Å². The first-order valence-corrected chi connectivity index (χ1v) is 18.6. The summed E-state index contributed by atoms with van der Waals surface area (Å²) in [5.41, 5.74) is 12.1. The minimum Gasteiger partial charge on any atom is -0.507 e. The summed E-state index contributed by atoms with van der Waals surface area (Å²) in [7, 11) is 0. The highest BCUT2D eigenvalue weighted by Crippen LogP contribution is 2.42. The van der Waals surface area contributed by atoms with Gasteiger partial charge in [0, 0.05) is 33.7 Å². The van der Waals surface area contributed by atoms with E-state index in [-0.39, 0.29) is 11.2 Å². The summed E-state index contributed by atoms with van der Waals surface area (Å²) in [4.78, 5) is 10.2. The minimum absolute atomic E-state index is 0.0482. The van der Waals surface area contributed by atoms with Gasteiger partial charge in [-0.15, -0.1) is 0 Å². The number of benzene rings is 7. The molecule has 0 saturated carbocycles. The molecule has 0 radical (unpaired) electrons. The van der Waals surface area contributed by atoms with Crippen LogP contribution in [0.2, 0.25) is 0 Å². The number of para-hydroxylation sites is 2. The highest BCUT2D eigenvalue weighted by Gasteiger charge is 2.24. The quantitative estimate of drug-likeness (QED) is 0.193. The first kappa shape index (κ1) is 32.7. The molecule has 0 aliphatic rings. The molecule has 3 aromatic heterocycles. The van der Waals surface area contributed by atoms with E-state index in [0.29, 0.717) is 11.4 Å². The van der Waals surface area contributed by atoms with Crippen LogP contribution in [0.15, 0.2) is 168 Å². The second-order valence-electron chi connectivity index (χ2n) is 15.2. The molecule has 0 atom stereocenters. The third-order valence-electron chi connectivity index (χ3n) is 10.7. The van der Waals surface area contributed by atoms with Crippen molar-refractivity contribution in [1.82, 2.24) is 14.5 Å². The van der Waals surface area contributed by atoms with E-state index in [1.54, 1.807) is 6.07 Å². The van der Waals surface area contributed by atoms with E-state index < -0.39 is 0 Å².